The summed E-state index contributed by atoms with van der Waals surface area (Å²) in [7, 11) is 0. The van der Waals surface area contributed by atoms with Crippen molar-refractivity contribution in [1.29, 1.82) is 0 Å². The Morgan fingerprint density at radius 2 is 1.50 bits per heavy atom. The van der Waals surface area contributed by atoms with Crippen LogP contribution in [0, 0.1) is 0 Å². The van der Waals surface area contributed by atoms with E-state index in [1.165, 1.54) is 22.3 Å². The second-order valence-corrected chi connectivity index (χ2v) is 7.31. The topological polar surface area (TPSA) is 38.3 Å². The summed E-state index contributed by atoms with van der Waals surface area (Å²) in [5.41, 5.74) is 7.13. The number of nitrogens with one attached hydrogen (secondary N) is 1. The molecular formula is C27H25NO2. The van der Waals surface area contributed by atoms with E-state index in [0.29, 0.717) is 13.2 Å². The standard InChI is InChI=1S/C27H25NO2/c1-2-20-14-16-21(17-15-20)9-7-8-18-28-27(29)30-19-26-24-12-5-3-10-22(24)23-11-4-6-13-25(23)26/h2-7,9-17,26H,1,8,18-19H2,(H,28,29). The summed E-state index contributed by atoms with van der Waals surface area (Å²) in [5.74, 6) is 0.0848. The number of fused-ring (bicyclic) bond motifs is 3. The summed E-state index contributed by atoms with van der Waals surface area (Å²) < 4.78 is 5.55. The molecule has 1 aliphatic carbocycles. The fourth-order valence-corrected chi connectivity index (χ4v) is 3.87. The fourth-order valence-electron chi connectivity index (χ4n) is 3.87. The SMILES string of the molecule is C=Cc1ccc(C=CCCNC(=O)OCC2c3ccccc3-c3ccccc32)cc1. The molecule has 1 N–H and O–H groups in total. The Hall–Kier alpha value is -3.59. The minimum atomic E-state index is -0.374. The van der Waals surface area contributed by atoms with Crippen LogP contribution in [0.2, 0.25) is 0 Å². The molecule has 3 heteroatoms. The van der Waals surface area contributed by atoms with Crippen molar-refractivity contribution < 1.29 is 9.53 Å². The molecule has 150 valence electrons. The van der Waals surface area contributed by atoms with Gasteiger partial charge < -0.3 is 10.1 Å². The van der Waals surface area contributed by atoms with Crippen LogP contribution in [0.4, 0.5) is 4.79 Å². The third-order valence-corrected chi connectivity index (χ3v) is 5.41. The number of benzene rings is 3. The number of carbonyl (C=O) groups excluding carboxylic acids is 1. The highest BCUT2D eigenvalue weighted by molar-refractivity contribution is 5.79. The summed E-state index contributed by atoms with van der Waals surface area (Å²) in [6, 6.07) is 24.8. The number of carbonyl (C=O) groups is 1. The molecule has 0 unspecified atom stereocenters. The third kappa shape index (κ3) is 4.36. The van der Waals surface area contributed by atoms with Gasteiger partial charge in [0.25, 0.3) is 0 Å². The predicted octanol–water partition coefficient (Wildman–Crippen LogP) is 6.27. The third-order valence-electron chi connectivity index (χ3n) is 5.41. The lowest BCUT2D eigenvalue weighted by Gasteiger charge is -2.14. The molecule has 0 atom stereocenters. The van der Waals surface area contributed by atoms with Crippen molar-refractivity contribution in [2.45, 2.75) is 12.3 Å². The first-order valence-electron chi connectivity index (χ1n) is 10.2. The molecule has 3 aromatic rings. The summed E-state index contributed by atoms with van der Waals surface area (Å²) in [6.45, 7) is 4.63. The molecule has 0 heterocycles. The number of alkyl carbamates (subject to hydrolysis) is 1. The van der Waals surface area contributed by atoms with Crippen LogP contribution in [0.15, 0.2) is 85.5 Å². The molecule has 30 heavy (non-hydrogen) atoms. The number of rotatable bonds is 7. The molecule has 3 aromatic carbocycles. The number of amides is 1. The fraction of sp³-hybridized carbons (Fsp3) is 0.148. The predicted molar refractivity (Wildman–Crippen MR) is 123 cm³/mol. The minimum Gasteiger partial charge on any atom is -0.449 e. The van der Waals surface area contributed by atoms with E-state index < -0.39 is 0 Å². The summed E-state index contributed by atoms with van der Waals surface area (Å²) in [4.78, 5) is 12.2. The number of ether oxygens (including phenoxy) is 1. The minimum absolute atomic E-state index is 0.0848. The maximum absolute atomic E-state index is 12.2. The first-order chi connectivity index (χ1) is 14.8. The molecule has 1 amide bonds. The van der Waals surface area contributed by atoms with Gasteiger partial charge in [-0.05, 0) is 39.8 Å². The van der Waals surface area contributed by atoms with Crippen LogP contribution >= 0.6 is 0 Å². The lowest BCUT2D eigenvalue weighted by Crippen LogP contribution is -2.26. The van der Waals surface area contributed by atoms with Crippen LogP contribution in [0.3, 0.4) is 0 Å². The molecule has 0 radical (unpaired) electrons. The molecule has 0 spiro atoms. The van der Waals surface area contributed by atoms with Gasteiger partial charge in [0.2, 0.25) is 0 Å². The van der Waals surface area contributed by atoms with E-state index in [9.17, 15) is 4.79 Å². The van der Waals surface area contributed by atoms with E-state index in [1.54, 1.807) is 0 Å². The van der Waals surface area contributed by atoms with Crippen molar-refractivity contribution in [2.24, 2.45) is 0 Å². The molecule has 0 bridgehead atoms. The Balaban J connectivity index is 1.26. The highest BCUT2D eigenvalue weighted by atomic mass is 16.5. The van der Waals surface area contributed by atoms with Gasteiger partial charge in [0.05, 0.1) is 0 Å². The zero-order chi connectivity index (χ0) is 20.8. The van der Waals surface area contributed by atoms with Gasteiger partial charge in [-0.1, -0.05) is 97.6 Å². The lowest BCUT2D eigenvalue weighted by atomic mass is 9.98. The van der Waals surface area contributed by atoms with Crippen molar-refractivity contribution >= 4 is 18.2 Å². The van der Waals surface area contributed by atoms with Gasteiger partial charge in [0.15, 0.2) is 0 Å². The Morgan fingerprint density at radius 3 is 2.13 bits per heavy atom. The average molecular weight is 396 g/mol. The van der Waals surface area contributed by atoms with Gasteiger partial charge in [-0.15, -0.1) is 0 Å². The molecule has 0 aliphatic heterocycles. The first kappa shape index (κ1) is 19.7. The van der Waals surface area contributed by atoms with Gasteiger partial charge in [0.1, 0.15) is 6.61 Å². The van der Waals surface area contributed by atoms with E-state index >= 15 is 0 Å². The van der Waals surface area contributed by atoms with Crippen LogP contribution in [0.25, 0.3) is 23.3 Å². The van der Waals surface area contributed by atoms with Gasteiger partial charge in [0, 0.05) is 12.5 Å². The summed E-state index contributed by atoms with van der Waals surface area (Å²) >= 11 is 0. The smallest absolute Gasteiger partial charge is 0.407 e. The van der Waals surface area contributed by atoms with Crippen LogP contribution in [-0.4, -0.2) is 19.2 Å². The zero-order valence-electron chi connectivity index (χ0n) is 16.9. The summed E-state index contributed by atoms with van der Waals surface area (Å²) in [6.07, 6.45) is 6.29. The van der Waals surface area contributed by atoms with Crippen molar-refractivity contribution in [2.75, 3.05) is 13.2 Å². The van der Waals surface area contributed by atoms with Crippen molar-refractivity contribution in [3.63, 3.8) is 0 Å². The van der Waals surface area contributed by atoms with Crippen molar-refractivity contribution in [1.82, 2.24) is 5.32 Å². The van der Waals surface area contributed by atoms with Crippen molar-refractivity contribution in [3.8, 4) is 11.1 Å². The maximum atomic E-state index is 12.2. The van der Waals surface area contributed by atoms with E-state index in [4.69, 9.17) is 4.74 Å². The van der Waals surface area contributed by atoms with E-state index in [-0.39, 0.29) is 12.0 Å². The molecular weight excluding hydrogens is 370 g/mol. The average Bonchev–Trinajstić information content (AvgIpc) is 3.12. The molecule has 0 saturated heterocycles. The Morgan fingerprint density at radius 1 is 0.900 bits per heavy atom. The Bertz CT molecular complexity index is 1020. The van der Waals surface area contributed by atoms with Crippen LogP contribution in [0.5, 0.6) is 0 Å². The lowest BCUT2D eigenvalue weighted by molar-refractivity contribution is 0.143. The van der Waals surface area contributed by atoms with Crippen LogP contribution in [0.1, 0.15) is 34.6 Å². The van der Waals surface area contributed by atoms with Crippen LogP contribution in [-0.2, 0) is 4.74 Å². The summed E-state index contributed by atoms with van der Waals surface area (Å²) in [5, 5.41) is 2.83. The quantitative estimate of drug-likeness (QED) is 0.479. The van der Waals surface area contributed by atoms with Gasteiger partial charge in [-0.25, -0.2) is 4.79 Å². The number of hydrogen-bond acceptors (Lipinski definition) is 2. The second-order valence-electron chi connectivity index (χ2n) is 7.31. The highest BCUT2D eigenvalue weighted by Gasteiger charge is 2.28. The van der Waals surface area contributed by atoms with E-state index in [1.807, 2.05) is 66.8 Å². The monoisotopic (exact) mass is 395 g/mol. The van der Waals surface area contributed by atoms with Gasteiger partial charge in [-0.3, -0.25) is 0 Å². The number of hydrogen-bond donors (Lipinski definition) is 1. The normalized spacial score (nSPS) is 12.4. The molecule has 4 rings (SSSR count). The highest BCUT2D eigenvalue weighted by Crippen LogP contribution is 2.44. The van der Waals surface area contributed by atoms with Gasteiger partial charge in [-0.2, -0.15) is 0 Å². The zero-order valence-corrected chi connectivity index (χ0v) is 16.9. The molecule has 0 fully saturated rings. The molecule has 3 nitrogen and oxygen atoms in total. The molecule has 1 aliphatic rings. The van der Waals surface area contributed by atoms with Gasteiger partial charge >= 0.3 is 6.09 Å². The Labute approximate surface area is 177 Å². The first-order valence-corrected chi connectivity index (χ1v) is 10.2. The van der Waals surface area contributed by atoms with Crippen LogP contribution < -0.4 is 5.32 Å². The molecule has 0 aromatic heterocycles. The van der Waals surface area contributed by atoms with Crippen molar-refractivity contribution in [3.05, 3.63) is 108 Å². The Kier molecular flexibility index (Phi) is 6.09. The second kappa shape index (κ2) is 9.27. The largest absolute Gasteiger partial charge is 0.449 e. The van der Waals surface area contributed by atoms with E-state index in [0.717, 1.165) is 17.5 Å². The molecule has 0 saturated carbocycles. The van der Waals surface area contributed by atoms with E-state index in [2.05, 4.69) is 36.2 Å². The maximum Gasteiger partial charge on any atom is 0.407 e.